The molecule has 1 aliphatic carbocycles. The maximum absolute atomic E-state index is 12.9. The summed E-state index contributed by atoms with van der Waals surface area (Å²) in [6.07, 6.45) is -5.20. The van der Waals surface area contributed by atoms with Crippen LogP contribution >= 0.6 is 11.6 Å². The van der Waals surface area contributed by atoms with Gasteiger partial charge in [-0.25, -0.2) is 0 Å². The van der Waals surface area contributed by atoms with Gasteiger partial charge in [-0.15, -0.1) is 0 Å². The molecule has 0 aromatic heterocycles. The predicted molar refractivity (Wildman–Crippen MR) is 97.6 cm³/mol. The van der Waals surface area contributed by atoms with Crippen molar-refractivity contribution < 1.29 is 27.5 Å². The van der Waals surface area contributed by atoms with E-state index in [2.05, 4.69) is 5.32 Å². The van der Waals surface area contributed by atoms with E-state index >= 15 is 0 Å². The van der Waals surface area contributed by atoms with Crippen molar-refractivity contribution in [3.63, 3.8) is 0 Å². The van der Waals surface area contributed by atoms with Crippen LogP contribution in [0.1, 0.15) is 30.6 Å². The number of halogens is 4. The van der Waals surface area contributed by atoms with E-state index in [-0.39, 0.29) is 22.5 Å². The topological polar surface area (TPSA) is 55.4 Å². The van der Waals surface area contributed by atoms with Crippen molar-refractivity contribution in [3.8, 4) is 0 Å². The van der Waals surface area contributed by atoms with E-state index in [4.69, 9.17) is 16.3 Å². The highest BCUT2D eigenvalue weighted by Crippen LogP contribution is 2.40. The first-order chi connectivity index (χ1) is 13.2. The molecular formula is C20H17ClF3NO3. The molecule has 2 aromatic rings. The maximum Gasteiger partial charge on any atom is 0.416 e. The van der Waals surface area contributed by atoms with Crippen LogP contribution in [-0.2, 0) is 20.5 Å². The number of amides is 1. The largest absolute Gasteiger partial charge is 0.447 e. The normalized spacial score (nSPS) is 19.6. The molecule has 1 aliphatic rings. The molecule has 0 heterocycles. The number of nitrogens with one attached hydrogen (secondary N) is 1. The first-order valence-electron chi connectivity index (χ1n) is 8.60. The van der Waals surface area contributed by atoms with Crippen LogP contribution in [0.2, 0.25) is 5.02 Å². The third kappa shape index (κ3) is 4.65. The van der Waals surface area contributed by atoms with Gasteiger partial charge in [0.25, 0.3) is 5.91 Å². The molecule has 0 spiro atoms. The molecule has 0 aliphatic heterocycles. The number of hydrogen-bond acceptors (Lipinski definition) is 3. The van der Waals surface area contributed by atoms with Gasteiger partial charge in [0.05, 0.1) is 22.2 Å². The summed E-state index contributed by atoms with van der Waals surface area (Å²) in [5.74, 6) is -1.37. The van der Waals surface area contributed by atoms with Crippen molar-refractivity contribution in [1.29, 1.82) is 0 Å². The second-order valence-corrected chi connectivity index (χ2v) is 7.14. The summed E-state index contributed by atoms with van der Waals surface area (Å²) in [7, 11) is 0. The third-order valence-electron chi connectivity index (χ3n) is 4.54. The Kier molecular flexibility index (Phi) is 5.65. The van der Waals surface area contributed by atoms with E-state index in [9.17, 15) is 22.8 Å². The number of alkyl halides is 3. The SMILES string of the molecule is C[C@H]1C[C@H]1C(=O)O[C@H](C(=O)Nc1cc(C(F)(F)F)ccc1Cl)c1ccccc1. The molecule has 0 unspecified atom stereocenters. The summed E-state index contributed by atoms with van der Waals surface area (Å²) in [5.41, 5.74) is -0.754. The number of carbonyl (C=O) groups is 2. The van der Waals surface area contributed by atoms with Gasteiger partial charge >= 0.3 is 12.1 Å². The standard InChI is InChI=1S/C20H17ClF3NO3/c1-11-9-14(11)19(27)28-17(12-5-3-2-4-6-12)18(26)25-16-10-13(20(22,23)24)7-8-15(16)21/h2-8,10-11,14,17H,9H2,1H3,(H,25,26)/t11-,14+,17-/m0/s1. The summed E-state index contributed by atoms with van der Waals surface area (Å²) in [6.45, 7) is 1.89. The van der Waals surface area contributed by atoms with E-state index in [0.29, 0.717) is 12.0 Å². The molecule has 148 valence electrons. The molecule has 3 atom stereocenters. The zero-order valence-corrected chi connectivity index (χ0v) is 15.6. The molecule has 0 saturated heterocycles. The van der Waals surface area contributed by atoms with Crippen LogP contribution in [-0.4, -0.2) is 11.9 Å². The van der Waals surface area contributed by atoms with E-state index in [1.807, 2.05) is 6.92 Å². The van der Waals surface area contributed by atoms with Crippen molar-refractivity contribution in [1.82, 2.24) is 0 Å². The molecular weight excluding hydrogens is 395 g/mol. The second-order valence-electron chi connectivity index (χ2n) is 6.73. The molecule has 28 heavy (non-hydrogen) atoms. The van der Waals surface area contributed by atoms with E-state index in [0.717, 1.165) is 18.2 Å². The molecule has 4 nitrogen and oxygen atoms in total. The van der Waals surface area contributed by atoms with Gasteiger partial charge in [0.2, 0.25) is 6.10 Å². The molecule has 8 heteroatoms. The summed E-state index contributed by atoms with van der Waals surface area (Å²) >= 11 is 5.94. The molecule has 3 rings (SSSR count). The molecule has 1 N–H and O–H groups in total. The Hall–Kier alpha value is -2.54. The highest BCUT2D eigenvalue weighted by atomic mass is 35.5. The Morgan fingerprint density at radius 1 is 1.18 bits per heavy atom. The van der Waals surface area contributed by atoms with Crippen molar-refractivity contribution in [2.24, 2.45) is 11.8 Å². The number of ether oxygens (including phenoxy) is 1. The molecule has 1 amide bonds. The van der Waals surface area contributed by atoms with Gasteiger partial charge in [0.15, 0.2) is 0 Å². The minimum absolute atomic E-state index is 0.0599. The Morgan fingerprint density at radius 3 is 2.39 bits per heavy atom. The number of esters is 1. The fourth-order valence-electron chi connectivity index (χ4n) is 2.75. The van der Waals surface area contributed by atoms with Gasteiger partial charge < -0.3 is 10.1 Å². The molecule has 1 saturated carbocycles. The van der Waals surface area contributed by atoms with Gasteiger partial charge in [-0.2, -0.15) is 13.2 Å². The summed E-state index contributed by atoms with van der Waals surface area (Å²) in [6, 6.07) is 10.9. The van der Waals surface area contributed by atoms with Gasteiger partial charge in [-0.3, -0.25) is 9.59 Å². The molecule has 2 aromatic carbocycles. The Balaban J connectivity index is 1.84. The summed E-state index contributed by atoms with van der Waals surface area (Å²) in [5, 5.41) is 2.29. The Bertz CT molecular complexity index is 886. The number of benzene rings is 2. The zero-order valence-electron chi connectivity index (χ0n) is 14.8. The van der Waals surface area contributed by atoms with Crippen LogP contribution in [0.5, 0.6) is 0 Å². The van der Waals surface area contributed by atoms with Crippen LogP contribution in [0.25, 0.3) is 0 Å². The van der Waals surface area contributed by atoms with Crippen molar-refractivity contribution >= 4 is 29.2 Å². The van der Waals surface area contributed by atoms with Gasteiger partial charge in [0.1, 0.15) is 0 Å². The van der Waals surface area contributed by atoms with Gasteiger partial charge in [-0.05, 0) is 30.5 Å². The first kappa shape index (κ1) is 20.2. The highest BCUT2D eigenvalue weighted by molar-refractivity contribution is 6.33. The number of hydrogen-bond donors (Lipinski definition) is 1. The average Bonchev–Trinajstić information content (AvgIpc) is 3.38. The van der Waals surface area contributed by atoms with Crippen molar-refractivity contribution in [3.05, 3.63) is 64.7 Å². The highest BCUT2D eigenvalue weighted by Gasteiger charge is 2.42. The smallest absolute Gasteiger partial charge is 0.416 e. The van der Waals surface area contributed by atoms with Gasteiger partial charge in [-0.1, -0.05) is 48.9 Å². The molecule has 0 bridgehead atoms. The van der Waals surface area contributed by atoms with Crippen LogP contribution in [0.4, 0.5) is 18.9 Å². The quantitative estimate of drug-likeness (QED) is 0.685. The lowest BCUT2D eigenvalue weighted by molar-refractivity contribution is -0.156. The fourth-order valence-corrected chi connectivity index (χ4v) is 2.92. The summed E-state index contributed by atoms with van der Waals surface area (Å²) in [4.78, 5) is 25.0. The number of carbonyl (C=O) groups excluding carboxylic acids is 2. The minimum Gasteiger partial charge on any atom is -0.447 e. The van der Waals surface area contributed by atoms with Crippen LogP contribution in [0.3, 0.4) is 0 Å². The minimum atomic E-state index is -4.59. The lowest BCUT2D eigenvalue weighted by Gasteiger charge is -2.19. The van der Waals surface area contributed by atoms with E-state index in [1.54, 1.807) is 30.3 Å². The van der Waals surface area contributed by atoms with Crippen molar-refractivity contribution in [2.45, 2.75) is 25.6 Å². The lowest BCUT2D eigenvalue weighted by Crippen LogP contribution is -2.27. The number of anilines is 1. The van der Waals surface area contributed by atoms with Crippen LogP contribution in [0.15, 0.2) is 48.5 Å². The Morgan fingerprint density at radius 2 is 1.82 bits per heavy atom. The Labute approximate surface area is 164 Å². The monoisotopic (exact) mass is 411 g/mol. The van der Waals surface area contributed by atoms with E-state index in [1.165, 1.54) is 0 Å². The van der Waals surface area contributed by atoms with Crippen LogP contribution < -0.4 is 5.32 Å². The zero-order chi connectivity index (χ0) is 20.5. The van der Waals surface area contributed by atoms with Crippen LogP contribution in [0, 0.1) is 11.8 Å². The van der Waals surface area contributed by atoms with Gasteiger partial charge in [0, 0.05) is 5.56 Å². The lowest BCUT2D eigenvalue weighted by atomic mass is 10.1. The van der Waals surface area contributed by atoms with E-state index < -0.39 is 29.7 Å². The predicted octanol–water partition coefficient (Wildman–Crippen LogP) is 5.24. The van der Waals surface area contributed by atoms with Crippen molar-refractivity contribution in [2.75, 3.05) is 5.32 Å². The second kappa shape index (κ2) is 7.83. The molecule has 1 fully saturated rings. The third-order valence-corrected chi connectivity index (χ3v) is 4.87. The first-order valence-corrected chi connectivity index (χ1v) is 8.97. The molecule has 0 radical (unpaired) electrons. The average molecular weight is 412 g/mol. The summed E-state index contributed by atoms with van der Waals surface area (Å²) < 4.78 is 44.2. The number of rotatable bonds is 5. The fraction of sp³-hybridized carbons (Fsp3) is 0.300. The maximum atomic E-state index is 12.9.